The topological polar surface area (TPSA) is 111 Å². The molecular weight excluding hydrogens is 472 g/mol. The van der Waals surface area contributed by atoms with Gasteiger partial charge in [-0.15, -0.1) is 0 Å². The lowest BCUT2D eigenvalue weighted by atomic mass is 9.97. The fourth-order valence-electron chi connectivity index (χ4n) is 4.92. The first kappa shape index (κ1) is 22.8. The highest BCUT2D eigenvalue weighted by Gasteiger charge is 2.48. The Labute approximate surface area is 207 Å². The largest absolute Gasteiger partial charge is 0.477 e. The van der Waals surface area contributed by atoms with Crippen molar-refractivity contribution in [2.45, 2.75) is 85.0 Å². The first-order valence-electron chi connectivity index (χ1n) is 11.7. The van der Waals surface area contributed by atoms with Gasteiger partial charge >= 0.3 is 5.97 Å². The third-order valence-electron chi connectivity index (χ3n) is 6.04. The van der Waals surface area contributed by atoms with Crippen LogP contribution in [0, 0.1) is 0 Å². The quantitative estimate of drug-likeness (QED) is 0.618. The second-order valence-corrected chi connectivity index (χ2v) is 11.1. The number of fused-ring (bicyclic) bond motifs is 4. The fraction of sp³-hybridized carbons (Fsp3) is 0.500. The van der Waals surface area contributed by atoms with Gasteiger partial charge in [-0.2, -0.15) is 0 Å². The van der Waals surface area contributed by atoms with Crippen molar-refractivity contribution in [2.75, 3.05) is 0 Å². The fourth-order valence-corrected chi connectivity index (χ4v) is 4.92. The minimum Gasteiger partial charge on any atom is -0.477 e. The van der Waals surface area contributed by atoms with Crippen molar-refractivity contribution in [1.82, 2.24) is 0 Å². The third-order valence-corrected chi connectivity index (χ3v) is 6.04. The Morgan fingerprint density at radius 3 is 1.33 bits per heavy atom. The van der Waals surface area contributed by atoms with Crippen molar-refractivity contribution in [3.63, 3.8) is 0 Å². The normalized spacial score (nSPS) is 21.6. The molecule has 0 unspecified atom stereocenters. The summed E-state index contributed by atoms with van der Waals surface area (Å²) in [6, 6.07) is 1.76. The molecule has 0 saturated carbocycles. The van der Waals surface area contributed by atoms with Crippen molar-refractivity contribution in [2.24, 2.45) is 0 Å². The number of rotatable bonds is 3. The Morgan fingerprint density at radius 2 is 0.917 bits per heavy atom. The van der Waals surface area contributed by atoms with Gasteiger partial charge in [0.05, 0.1) is 0 Å². The Kier molecular flexibility index (Phi) is 4.13. The number of benzene rings is 2. The molecule has 2 aromatic carbocycles. The maximum atomic E-state index is 12.3. The van der Waals surface area contributed by atoms with Gasteiger partial charge in [-0.05, 0) is 0 Å². The molecule has 0 atom stereocenters. The zero-order valence-electron chi connectivity index (χ0n) is 21.4. The summed E-state index contributed by atoms with van der Waals surface area (Å²) in [5, 5.41) is 10.1. The predicted molar refractivity (Wildman–Crippen MR) is 124 cm³/mol. The van der Waals surface area contributed by atoms with Gasteiger partial charge in [0.15, 0.2) is 51.6 Å². The van der Waals surface area contributed by atoms with Gasteiger partial charge in [0.1, 0.15) is 0 Å². The maximum absolute atomic E-state index is 12.3. The molecule has 36 heavy (non-hydrogen) atoms. The van der Waals surface area contributed by atoms with Crippen LogP contribution in [0.4, 0.5) is 0 Å². The monoisotopic (exact) mass is 500 g/mol. The molecule has 192 valence electrons. The Morgan fingerprint density at radius 1 is 0.583 bits per heavy atom. The summed E-state index contributed by atoms with van der Waals surface area (Å²) in [6.07, 6.45) is 0.174. The van der Waals surface area contributed by atoms with Crippen molar-refractivity contribution < 1.29 is 47.8 Å². The summed E-state index contributed by atoms with van der Waals surface area (Å²) >= 11 is 0. The van der Waals surface area contributed by atoms with Gasteiger partial charge in [0.25, 0.3) is 0 Å². The predicted octanol–water partition coefficient (Wildman–Crippen LogP) is 5.00. The van der Waals surface area contributed by atoms with Crippen molar-refractivity contribution in [1.29, 1.82) is 0 Å². The van der Waals surface area contributed by atoms with Gasteiger partial charge in [0, 0.05) is 79.0 Å². The van der Waals surface area contributed by atoms with Crippen LogP contribution in [0.2, 0.25) is 0 Å². The molecule has 0 bridgehead atoms. The molecule has 0 fully saturated rings. The number of ether oxygens (including phenoxy) is 8. The molecule has 2 aromatic rings. The molecule has 0 amide bonds. The van der Waals surface area contributed by atoms with Crippen LogP contribution in [0.3, 0.4) is 0 Å². The van der Waals surface area contributed by atoms with Gasteiger partial charge in [-0.3, -0.25) is 0 Å². The van der Waals surface area contributed by atoms with E-state index in [2.05, 4.69) is 0 Å². The number of carboxylic acid groups (broad SMARTS) is 1. The van der Waals surface area contributed by atoms with E-state index < -0.39 is 29.1 Å². The standard InChI is InChI=1S/C26H28O10/c1-23(2)29-13-10-14-17(32-24(3,4)30-14)11(16(13)31-23)9-12-18-20(35-25(5,6)33-18)15(22(27)28)21-19(12)34-26(7,8)36-21/h10H,9H2,1-8H3,(H,27,28). The Hall–Kier alpha value is -3.69. The summed E-state index contributed by atoms with van der Waals surface area (Å²) in [5.41, 5.74) is 1.04. The lowest BCUT2D eigenvalue weighted by Gasteiger charge is -2.20. The molecule has 0 saturated heterocycles. The van der Waals surface area contributed by atoms with E-state index >= 15 is 0 Å². The summed E-state index contributed by atoms with van der Waals surface area (Å²) in [4.78, 5) is 12.3. The van der Waals surface area contributed by atoms with E-state index in [0.717, 1.165) is 0 Å². The minimum atomic E-state index is -1.21. The van der Waals surface area contributed by atoms with Crippen molar-refractivity contribution in [3.8, 4) is 46.0 Å². The van der Waals surface area contributed by atoms with Crippen LogP contribution in [0.25, 0.3) is 0 Å². The van der Waals surface area contributed by atoms with E-state index in [1.165, 1.54) is 0 Å². The van der Waals surface area contributed by atoms with E-state index in [-0.39, 0.29) is 35.0 Å². The van der Waals surface area contributed by atoms with Crippen LogP contribution in [0.15, 0.2) is 6.07 Å². The molecule has 4 aliphatic rings. The third kappa shape index (κ3) is 3.34. The zero-order chi connectivity index (χ0) is 26.0. The highest BCUT2D eigenvalue weighted by molar-refractivity contribution is 5.98. The average Bonchev–Trinajstić information content (AvgIpc) is 3.37. The van der Waals surface area contributed by atoms with Crippen LogP contribution in [-0.4, -0.2) is 34.2 Å². The van der Waals surface area contributed by atoms with Gasteiger partial charge in [0.2, 0.25) is 23.1 Å². The van der Waals surface area contributed by atoms with E-state index in [1.807, 2.05) is 27.7 Å². The number of carbonyl (C=O) groups is 1. The first-order valence-corrected chi connectivity index (χ1v) is 11.7. The van der Waals surface area contributed by atoms with E-state index in [1.54, 1.807) is 33.8 Å². The van der Waals surface area contributed by atoms with Crippen LogP contribution in [0.5, 0.6) is 46.0 Å². The highest BCUT2D eigenvalue weighted by atomic mass is 16.8. The molecular formula is C26H28O10. The zero-order valence-corrected chi connectivity index (χ0v) is 21.4. The number of hydrogen-bond acceptors (Lipinski definition) is 9. The lowest BCUT2D eigenvalue weighted by Crippen LogP contribution is -2.31. The molecule has 0 aromatic heterocycles. The Balaban J connectivity index is 1.59. The highest BCUT2D eigenvalue weighted by Crippen LogP contribution is 2.60. The number of hydrogen-bond donors (Lipinski definition) is 1. The first-order chi connectivity index (χ1) is 16.5. The Bertz CT molecular complexity index is 1260. The molecule has 6 rings (SSSR count). The van der Waals surface area contributed by atoms with Gasteiger partial charge < -0.3 is 43.0 Å². The van der Waals surface area contributed by atoms with Crippen LogP contribution >= 0.6 is 0 Å². The number of aromatic carboxylic acids is 1. The molecule has 4 aliphatic heterocycles. The average molecular weight is 501 g/mol. The lowest BCUT2D eigenvalue weighted by molar-refractivity contribution is -0.0494. The van der Waals surface area contributed by atoms with Crippen molar-refractivity contribution >= 4 is 5.97 Å². The number of carboxylic acids is 1. The minimum absolute atomic E-state index is 0.0850. The summed E-state index contributed by atoms with van der Waals surface area (Å²) < 4.78 is 48.6. The molecule has 4 heterocycles. The maximum Gasteiger partial charge on any atom is 0.343 e. The molecule has 10 nitrogen and oxygen atoms in total. The smallest absolute Gasteiger partial charge is 0.343 e. The molecule has 1 N–H and O–H groups in total. The summed E-state index contributed by atoms with van der Waals surface area (Å²) in [7, 11) is 0. The van der Waals surface area contributed by atoms with Crippen LogP contribution < -0.4 is 37.9 Å². The van der Waals surface area contributed by atoms with Crippen LogP contribution in [0.1, 0.15) is 76.9 Å². The second kappa shape index (κ2) is 6.54. The van der Waals surface area contributed by atoms with Gasteiger partial charge in [-0.1, -0.05) is 0 Å². The summed E-state index contributed by atoms with van der Waals surface area (Å²) in [6.45, 7) is 14.1. The molecule has 0 radical (unpaired) electrons. The van der Waals surface area contributed by atoms with E-state index in [4.69, 9.17) is 37.9 Å². The summed E-state index contributed by atoms with van der Waals surface area (Å²) in [5.74, 6) is -2.49. The van der Waals surface area contributed by atoms with E-state index in [9.17, 15) is 9.90 Å². The second-order valence-electron chi connectivity index (χ2n) is 11.1. The van der Waals surface area contributed by atoms with Crippen molar-refractivity contribution in [3.05, 3.63) is 22.8 Å². The SMILES string of the molecule is CC1(C)Oc2cc3c(c(Cc4c5c(c(C(=O)O)c6c4OC(C)(C)O6)OC(C)(C)O5)c2O1)OC(C)(C)O3. The molecule has 0 spiro atoms. The molecule has 0 aliphatic carbocycles. The van der Waals surface area contributed by atoms with Gasteiger partial charge in [-0.25, -0.2) is 4.79 Å². The van der Waals surface area contributed by atoms with Crippen LogP contribution in [-0.2, 0) is 6.42 Å². The van der Waals surface area contributed by atoms with E-state index in [0.29, 0.717) is 34.1 Å². The molecule has 10 heteroatoms.